The van der Waals surface area contributed by atoms with Crippen LogP contribution in [0, 0.1) is 5.82 Å². The number of carbonyl (C=O) groups excluding carboxylic acids is 1. The molecule has 0 aliphatic carbocycles. The zero-order valence-electron chi connectivity index (χ0n) is 16.9. The number of amides is 1. The van der Waals surface area contributed by atoms with Crippen LogP contribution in [0.1, 0.15) is 10.4 Å². The lowest BCUT2D eigenvalue weighted by molar-refractivity contribution is 0.102. The highest BCUT2D eigenvalue weighted by atomic mass is 32.1. The van der Waals surface area contributed by atoms with E-state index in [0.29, 0.717) is 39.0 Å². The van der Waals surface area contributed by atoms with Crippen molar-refractivity contribution in [2.75, 3.05) is 19.5 Å². The summed E-state index contributed by atoms with van der Waals surface area (Å²) in [6, 6.07) is 18.9. The molecule has 0 saturated heterocycles. The van der Waals surface area contributed by atoms with E-state index < -0.39 is 0 Å². The van der Waals surface area contributed by atoms with Crippen molar-refractivity contribution in [3.05, 3.63) is 83.5 Å². The van der Waals surface area contributed by atoms with Crippen LogP contribution in [0.2, 0.25) is 0 Å². The number of anilines is 1. The van der Waals surface area contributed by atoms with Crippen LogP contribution in [0.25, 0.3) is 21.8 Å². The first-order valence-corrected chi connectivity index (χ1v) is 10.3. The third-order valence-electron chi connectivity index (χ3n) is 4.71. The third kappa shape index (κ3) is 4.27. The Bertz CT molecular complexity index is 1240. The van der Waals surface area contributed by atoms with E-state index in [1.807, 2.05) is 23.6 Å². The number of ether oxygens (including phenoxy) is 2. The number of benzene rings is 3. The molecule has 0 aliphatic rings. The van der Waals surface area contributed by atoms with Crippen LogP contribution in [-0.4, -0.2) is 25.1 Å². The van der Waals surface area contributed by atoms with E-state index in [4.69, 9.17) is 9.47 Å². The fourth-order valence-corrected chi connectivity index (χ4v) is 3.99. The van der Waals surface area contributed by atoms with Gasteiger partial charge in [-0.05, 0) is 30.3 Å². The van der Waals surface area contributed by atoms with Crippen LogP contribution >= 0.6 is 11.3 Å². The van der Waals surface area contributed by atoms with Crippen molar-refractivity contribution in [2.24, 2.45) is 0 Å². The van der Waals surface area contributed by atoms with Gasteiger partial charge in [-0.25, -0.2) is 9.37 Å². The number of nitrogens with one attached hydrogen (secondary N) is 1. The maximum Gasteiger partial charge on any atom is 0.259 e. The van der Waals surface area contributed by atoms with Gasteiger partial charge in [-0.2, -0.15) is 0 Å². The number of hydrogen-bond acceptors (Lipinski definition) is 5. The molecular weight excluding hydrogens is 415 g/mol. The fourth-order valence-electron chi connectivity index (χ4n) is 3.15. The zero-order chi connectivity index (χ0) is 21.8. The van der Waals surface area contributed by atoms with Crippen molar-refractivity contribution in [2.45, 2.75) is 0 Å². The van der Waals surface area contributed by atoms with E-state index in [1.54, 1.807) is 49.6 Å². The van der Waals surface area contributed by atoms with Crippen LogP contribution in [0.4, 0.5) is 10.1 Å². The molecule has 0 bridgehead atoms. The molecule has 1 amide bonds. The van der Waals surface area contributed by atoms with Crippen LogP contribution in [-0.2, 0) is 0 Å². The van der Waals surface area contributed by atoms with Gasteiger partial charge in [-0.15, -0.1) is 11.3 Å². The van der Waals surface area contributed by atoms with E-state index in [0.717, 1.165) is 5.56 Å². The SMILES string of the molecule is COc1ccc(C(=O)Nc2ccccc2-c2csc(-c3ccccc3F)n2)c(OC)c1. The lowest BCUT2D eigenvalue weighted by Crippen LogP contribution is -2.14. The summed E-state index contributed by atoms with van der Waals surface area (Å²) < 4.78 is 24.7. The topological polar surface area (TPSA) is 60.5 Å². The second kappa shape index (κ2) is 8.97. The molecule has 4 aromatic rings. The number of aromatic nitrogens is 1. The van der Waals surface area contributed by atoms with E-state index in [1.165, 1.54) is 24.5 Å². The highest BCUT2D eigenvalue weighted by molar-refractivity contribution is 7.13. The van der Waals surface area contributed by atoms with Crippen LogP contribution in [0.3, 0.4) is 0 Å². The molecule has 0 aliphatic heterocycles. The number of methoxy groups -OCH3 is 2. The number of para-hydroxylation sites is 1. The maximum absolute atomic E-state index is 14.1. The molecule has 1 heterocycles. The predicted octanol–water partition coefficient (Wildman–Crippen LogP) is 5.89. The minimum absolute atomic E-state index is 0.323. The Hall–Kier alpha value is -3.71. The summed E-state index contributed by atoms with van der Waals surface area (Å²) in [7, 11) is 3.05. The van der Waals surface area contributed by atoms with Gasteiger partial charge in [0.05, 0.1) is 31.2 Å². The molecule has 1 aromatic heterocycles. The van der Waals surface area contributed by atoms with Gasteiger partial charge in [0.1, 0.15) is 22.3 Å². The summed E-state index contributed by atoms with van der Waals surface area (Å²) in [5.41, 5.74) is 2.81. The molecule has 0 atom stereocenters. The molecule has 31 heavy (non-hydrogen) atoms. The monoisotopic (exact) mass is 434 g/mol. The standard InChI is InChI=1S/C24H19FN2O3S/c1-29-15-11-12-18(22(13-15)30-2)23(28)26-20-10-6-4-8-17(20)21-14-31-24(27-21)16-7-3-5-9-19(16)25/h3-14H,1-2H3,(H,26,28). The minimum Gasteiger partial charge on any atom is -0.497 e. The first-order chi connectivity index (χ1) is 15.1. The van der Waals surface area contributed by atoms with Crippen LogP contribution in [0.5, 0.6) is 11.5 Å². The Kier molecular flexibility index (Phi) is 5.95. The largest absolute Gasteiger partial charge is 0.497 e. The molecule has 0 unspecified atom stereocenters. The van der Waals surface area contributed by atoms with E-state index in [2.05, 4.69) is 10.3 Å². The van der Waals surface area contributed by atoms with Crippen molar-refractivity contribution >= 4 is 22.9 Å². The third-order valence-corrected chi connectivity index (χ3v) is 5.59. The summed E-state index contributed by atoms with van der Waals surface area (Å²) in [5, 5.41) is 5.35. The van der Waals surface area contributed by atoms with Crippen LogP contribution < -0.4 is 14.8 Å². The highest BCUT2D eigenvalue weighted by Gasteiger charge is 2.17. The Morgan fingerprint density at radius 1 is 0.968 bits per heavy atom. The number of nitrogens with zero attached hydrogens (tertiary/aromatic N) is 1. The summed E-state index contributed by atoms with van der Waals surface area (Å²) in [6.45, 7) is 0. The number of rotatable bonds is 6. The van der Waals surface area contributed by atoms with Crippen molar-refractivity contribution in [1.82, 2.24) is 4.98 Å². The Morgan fingerprint density at radius 3 is 2.45 bits per heavy atom. The first kappa shape index (κ1) is 20.6. The average Bonchev–Trinajstić information content (AvgIpc) is 3.29. The second-order valence-corrected chi connectivity index (χ2v) is 7.44. The predicted molar refractivity (Wildman–Crippen MR) is 120 cm³/mol. The fraction of sp³-hybridized carbons (Fsp3) is 0.0833. The first-order valence-electron chi connectivity index (χ1n) is 9.44. The Labute approximate surface area is 183 Å². The molecule has 4 rings (SSSR count). The summed E-state index contributed by atoms with van der Waals surface area (Å²) in [5.74, 6) is 0.356. The molecule has 156 valence electrons. The van der Waals surface area contributed by atoms with Crippen LogP contribution in [0.15, 0.2) is 72.1 Å². The Balaban J connectivity index is 1.65. The van der Waals surface area contributed by atoms with Gasteiger partial charge in [-0.3, -0.25) is 4.79 Å². The number of thiazole rings is 1. The number of hydrogen-bond donors (Lipinski definition) is 1. The molecule has 0 saturated carbocycles. The van der Waals surface area contributed by atoms with Crippen molar-refractivity contribution in [1.29, 1.82) is 0 Å². The minimum atomic E-state index is -0.323. The second-order valence-electron chi connectivity index (χ2n) is 6.58. The summed E-state index contributed by atoms with van der Waals surface area (Å²) >= 11 is 1.35. The number of carbonyl (C=O) groups is 1. The van der Waals surface area contributed by atoms with Gasteiger partial charge in [0.25, 0.3) is 5.91 Å². The van der Waals surface area contributed by atoms with Gasteiger partial charge in [-0.1, -0.05) is 30.3 Å². The molecule has 3 aromatic carbocycles. The average molecular weight is 434 g/mol. The van der Waals surface area contributed by atoms with Crippen molar-refractivity contribution < 1.29 is 18.7 Å². The van der Waals surface area contributed by atoms with Gasteiger partial charge < -0.3 is 14.8 Å². The number of halogens is 1. The Morgan fingerprint density at radius 2 is 1.71 bits per heavy atom. The van der Waals surface area contributed by atoms with Gasteiger partial charge in [0.15, 0.2) is 0 Å². The van der Waals surface area contributed by atoms with Gasteiger partial charge in [0.2, 0.25) is 0 Å². The zero-order valence-corrected chi connectivity index (χ0v) is 17.7. The summed E-state index contributed by atoms with van der Waals surface area (Å²) in [4.78, 5) is 17.5. The molecule has 5 nitrogen and oxygen atoms in total. The quantitative estimate of drug-likeness (QED) is 0.411. The lowest BCUT2D eigenvalue weighted by Gasteiger charge is -2.13. The normalized spacial score (nSPS) is 10.5. The van der Waals surface area contributed by atoms with Gasteiger partial charge in [0, 0.05) is 22.6 Å². The molecule has 1 N–H and O–H groups in total. The summed E-state index contributed by atoms with van der Waals surface area (Å²) in [6.07, 6.45) is 0. The van der Waals surface area contributed by atoms with E-state index in [9.17, 15) is 9.18 Å². The maximum atomic E-state index is 14.1. The van der Waals surface area contributed by atoms with Crippen molar-refractivity contribution in [3.8, 4) is 33.3 Å². The molecule has 7 heteroatoms. The van der Waals surface area contributed by atoms with Gasteiger partial charge >= 0.3 is 0 Å². The van der Waals surface area contributed by atoms with E-state index >= 15 is 0 Å². The molecule has 0 fully saturated rings. The molecular formula is C24H19FN2O3S. The lowest BCUT2D eigenvalue weighted by atomic mass is 10.1. The highest BCUT2D eigenvalue weighted by Crippen LogP contribution is 2.34. The van der Waals surface area contributed by atoms with E-state index in [-0.39, 0.29) is 11.7 Å². The smallest absolute Gasteiger partial charge is 0.259 e. The molecule has 0 spiro atoms. The molecule has 0 radical (unpaired) electrons. The van der Waals surface area contributed by atoms with Crippen molar-refractivity contribution in [3.63, 3.8) is 0 Å².